The predicted octanol–water partition coefficient (Wildman–Crippen LogP) is 0.876. The maximum Gasteiger partial charge on any atom is 0.352 e. The van der Waals surface area contributed by atoms with E-state index in [1.807, 2.05) is 0 Å². The van der Waals surface area contributed by atoms with Gasteiger partial charge in [0.05, 0.1) is 6.61 Å². The van der Waals surface area contributed by atoms with Crippen LogP contribution in [0.1, 0.15) is 20.8 Å². The lowest BCUT2D eigenvalue weighted by atomic mass is 10.1. The van der Waals surface area contributed by atoms with Gasteiger partial charge in [-0.05, 0) is 35.7 Å². The van der Waals surface area contributed by atoms with Gasteiger partial charge in [0, 0.05) is 0 Å². The van der Waals surface area contributed by atoms with Crippen molar-refractivity contribution in [1.29, 1.82) is 0 Å². The minimum absolute atomic E-state index is 0.131. The monoisotopic (exact) mass is 233 g/mol. The van der Waals surface area contributed by atoms with Crippen LogP contribution in [0, 0.1) is 0 Å². The SMILES string of the molecule is C/C(=C(/NP)C(=O)O)[C@H]1COC(C)(C)O1. The van der Waals surface area contributed by atoms with Crippen molar-refractivity contribution in [3.05, 3.63) is 11.3 Å². The van der Waals surface area contributed by atoms with Crippen LogP contribution in [0.5, 0.6) is 0 Å². The summed E-state index contributed by atoms with van der Waals surface area (Å²) in [6.07, 6.45) is -0.306. The third kappa shape index (κ3) is 2.91. The normalized spacial score (nSPS) is 26.0. The smallest absolute Gasteiger partial charge is 0.352 e. The van der Waals surface area contributed by atoms with E-state index in [0.717, 1.165) is 0 Å². The van der Waals surface area contributed by atoms with Gasteiger partial charge in [-0.3, -0.25) is 0 Å². The Morgan fingerprint density at radius 1 is 1.60 bits per heavy atom. The number of aliphatic carboxylic acids is 1. The van der Waals surface area contributed by atoms with Crippen molar-refractivity contribution in [1.82, 2.24) is 5.09 Å². The number of nitrogens with one attached hydrogen (secondary N) is 1. The molecule has 1 aliphatic rings. The molecule has 0 amide bonds. The summed E-state index contributed by atoms with van der Waals surface area (Å²) >= 11 is 0. The van der Waals surface area contributed by atoms with Gasteiger partial charge in [-0.25, -0.2) is 4.79 Å². The molecular formula is C9H16NO4P. The predicted molar refractivity (Wildman–Crippen MR) is 58.1 cm³/mol. The molecule has 1 heterocycles. The Morgan fingerprint density at radius 2 is 2.20 bits per heavy atom. The lowest BCUT2D eigenvalue weighted by Gasteiger charge is -2.18. The van der Waals surface area contributed by atoms with E-state index in [2.05, 4.69) is 14.5 Å². The Bertz CT molecular complexity index is 300. The van der Waals surface area contributed by atoms with Crippen molar-refractivity contribution >= 4 is 15.4 Å². The molecule has 0 bridgehead atoms. The average molecular weight is 233 g/mol. The second-order valence-electron chi connectivity index (χ2n) is 3.82. The summed E-state index contributed by atoms with van der Waals surface area (Å²) in [5.74, 6) is -1.65. The topological polar surface area (TPSA) is 67.8 Å². The molecule has 0 aromatic carbocycles. The quantitative estimate of drug-likeness (QED) is 0.559. The lowest BCUT2D eigenvalue weighted by Crippen LogP contribution is -2.24. The highest BCUT2D eigenvalue weighted by Crippen LogP contribution is 2.27. The summed E-state index contributed by atoms with van der Waals surface area (Å²) in [5.41, 5.74) is 0.759. The molecule has 1 saturated heterocycles. The highest BCUT2D eigenvalue weighted by molar-refractivity contribution is 7.14. The van der Waals surface area contributed by atoms with Crippen LogP contribution in [0.2, 0.25) is 0 Å². The van der Waals surface area contributed by atoms with Gasteiger partial charge in [-0.2, -0.15) is 0 Å². The minimum Gasteiger partial charge on any atom is -0.477 e. The first-order valence-corrected chi connectivity index (χ1v) is 5.17. The molecule has 2 N–H and O–H groups in total. The van der Waals surface area contributed by atoms with Gasteiger partial charge in [0.1, 0.15) is 11.8 Å². The first-order valence-electron chi connectivity index (χ1n) is 4.60. The van der Waals surface area contributed by atoms with E-state index >= 15 is 0 Å². The molecule has 2 atom stereocenters. The molecule has 0 aliphatic carbocycles. The summed E-state index contributed by atoms with van der Waals surface area (Å²) in [7, 11) is 2.17. The van der Waals surface area contributed by atoms with Crippen molar-refractivity contribution in [2.75, 3.05) is 6.61 Å². The number of carboxylic acids is 1. The van der Waals surface area contributed by atoms with Crippen LogP contribution in [0.4, 0.5) is 0 Å². The molecule has 15 heavy (non-hydrogen) atoms. The van der Waals surface area contributed by atoms with Crippen LogP contribution in [-0.2, 0) is 14.3 Å². The molecule has 0 radical (unpaired) electrons. The van der Waals surface area contributed by atoms with Crippen molar-refractivity contribution < 1.29 is 19.4 Å². The van der Waals surface area contributed by atoms with Gasteiger partial charge in [0.2, 0.25) is 0 Å². The summed E-state index contributed by atoms with van der Waals surface area (Å²) < 4.78 is 10.9. The van der Waals surface area contributed by atoms with Crippen molar-refractivity contribution in [3.63, 3.8) is 0 Å². The summed E-state index contributed by atoms with van der Waals surface area (Å²) in [6.45, 7) is 5.70. The van der Waals surface area contributed by atoms with E-state index in [-0.39, 0.29) is 11.8 Å². The van der Waals surface area contributed by atoms with E-state index < -0.39 is 11.8 Å². The highest BCUT2D eigenvalue weighted by atomic mass is 31.0. The van der Waals surface area contributed by atoms with Gasteiger partial charge in [0.25, 0.3) is 0 Å². The zero-order valence-electron chi connectivity index (χ0n) is 9.03. The standard InChI is InChI=1S/C9H16NO4P/c1-5(7(10-15)8(11)12)6-4-13-9(2,3)14-6/h6,10H,4,15H2,1-3H3,(H,11,12)/b7-5-/t6-/m1/s1. The fourth-order valence-electron chi connectivity index (χ4n) is 1.41. The third-order valence-electron chi connectivity index (χ3n) is 2.24. The largest absolute Gasteiger partial charge is 0.477 e. The van der Waals surface area contributed by atoms with Gasteiger partial charge in [0.15, 0.2) is 5.79 Å². The summed E-state index contributed by atoms with van der Waals surface area (Å²) in [5, 5.41) is 11.5. The molecule has 0 aromatic rings. The Labute approximate surface area is 91.1 Å². The second-order valence-corrected chi connectivity index (χ2v) is 4.11. The number of carbonyl (C=O) groups is 1. The maximum absolute atomic E-state index is 10.9. The van der Waals surface area contributed by atoms with Crippen LogP contribution >= 0.6 is 9.39 Å². The van der Waals surface area contributed by atoms with Crippen LogP contribution in [0.25, 0.3) is 0 Å². The van der Waals surface area contributed by atoms with Crippen molar-refractivity contribution in [2.24, 2.45) is 0 Å². The second kappa shape index (κ2) is 4.47. The molecule has 86 valence electrons. The fraction of sp³-hybridized carbons (Fsp3) is 0.667. The van der Waals surface area contributed by atoms with Crippen molar-refractivity contribution in [3.8, 4) is 0 Å². The van der Waals surface area contributed by atoms with Crippen LogP contribution in [0.15, 0.2) is 11.3 Å². The number of hydrogen-bond acceptors (Lipinski definition) is 4. The van der Waals surface area contributed by atoms with Gasteiger partial charge < -0.3 is 19.7 Å². The zero-order valence-corrected chi connectivity index (χ0v) is 10.2. The van der Waals surface area contributed by atoms with Gasteiger partial charge >= 0.3 is 5.97 Å². The van der Waals surface area contributed by atoms with Gasteiger partial charge in [-0.1, -0.05) is 0 Å². The third-order valence-corrected chi connectivity index (χ3v) is 2.53. The highest BCUT2D eigenvalue weighted by Gasteiger charge is 2.35. The Morgan fingerprint density at radius 3 is 2.53 bits per heavy atom. The molecule has 1 fully saturated rings. The molecule has 0 saturated carbocycles. The molecule has 5 nitrogen and oxygen atoms in total. The van der Waals surface area contributed by atoms with Crippen LogP contribution in [-0.4, -0.2) is 29.6 Å². The summed E-state index contributed by atoms with van der Waals surface area (Å²) in [4.78, 5) is 10.9. The Hall–Kier alpha value is -0.640. The van der Waals surface area contributed by atoms with Crippen molar-refractivity contribution in [2.45, 2.75) is 32.7 Å². The summed E-state index contributed by atoms with van der Waals surface area (Å²) in [6, 6.07) is 0. The van der Waals surface area contributed by atoms with E-state index in [4.69, 9.17) is 14.6 Å². The molecule has 1 unspecified atom stereocenters. The van der Waals surface area contributed by atoms with E-state index in [0.29, 0.717) is 12.2 Å². The molecule has 6 heteroatoms. The number of ether oxygens (including phenoxy) is 2. The van der Waals surface area contributed by atoms with Crippen LogP contribution < -0.4 is 5.09 Å². The molecule has 1 rings (SSSR count). The zero-order chi connectivity index (χ0) is 11.6. The Balaban J connectivity index is 2.84. The van der Waals surface area contributed by atoms with E-state index in [1.165, 1.54) is 0 Å². The molecular weight excluding hydrogens is 217 g/mol. The molecule has 0 spiro atoms. The molecule has 1 aliphatic heterocycles. The molecule has 0 aromatic heterocycles. The van der Waals surface area contributed by atoms with Gasteiger partial charge in [-0.15, -0.1) is 0 Å². The number of hydrogen-bond donors (Lipinski definition) is 2. The van der Waals surface area contributed by atoms with E-state index in [9.17, 15) is 4.79 Å². The first kappa shape index (κ1) is 12.4. The minimum atomic E-state index is -1.00. The first-order chi connectivity index (χ1) is 6.87. The maximum atomic E-state index is 10.9. The lowest BCUT2D eigenvalue weighted by molar-refractivity contribution is -0.136. The number of carboxylic acid groups (broad SMARTS) is 1. The van der Waals surface area contributed by atoms with E-state index in [1.54, 1.807) is 20.8 Å². The Kier molecular flexibility index (Phi) is 3.71. The van der Waals surface area contributed by atoms with Crippen LogP contribution in [0.3, 0.4) is 0 Å². The average Bonchev–Trinajstić information content (AvgIpc) is 2.46. The fourth-order valence-corrected chi connectivity index (χ4v) is 1.76. The number of rotatable bonds is 3.